The van der Waals surface area contributed by atoms with Gasteiger partial charge in [-0.2, -0.15) is 13.2 Å². The maximum Gasteiger partial charge on any atom is 0.389 e. The van der Waals surface area contributed by atoms with E-state index in [1.165, 1.54) is 0 Å². The zero-order chi connectivity index (χ0) is 13.5. The van der Waals surface area contributed by atoms with Gasteiger partial charge in [-0.3, -0.25) is 0 Å². The van der Waals surface area contributed by atoms with Gasteiger partial charge in [0.25, 0.3) is 0 Å². The predicted molar refractivity (Wildman–Crippen MR) is 65.9 cm³/mol. The van der Waals surface area contributed by atoms with Crippen LogP contribution in [0.3, 0.4) is 0 Å². The summed E-state index contributed by atoms with van der Waals surface area (Å²) in [6.45, 7) is 10.4. The molecule has 104 valence electrons. The van der Waals surface area contributed by atoms with Crippen molar-refractivity contribution in [3.8, 4) is 0 Å². The Labute approximate surface area is 103 Å². The van der Waals surface area contributed by atoms with Crippen molar-refractivity contribution in [2.24, 2.45) is 17.8 Å². The fraction of sp³-hybridized carbons (Fsp3) is 1.00. The van der Waals surface area contributed by atoms with Crippen LogP contribution in [0.5, 0.6) is 0 Å². The molecule has 0 unspecified atom stereocenters. The minimum absolute atomic E-state index is 0.227. The molecule has 0 saturated carbocycles. The summed E-state index contributed by atoms with van der Waals surface area (Å²) in [4.78, 5) is 0. The molecule has 1 N–H and O–H groups in total. The maximum atomic E-state index is 11.9. The average Bonchev–Trinajstić information content (AvgIpc) is 2.13. The van der Waals surface area contributed by atoms with E-state index >= 15 is 0 Å². The Bertz CT molecular complexity index is 180. The Kier molecular flexibility index (Phi) is 7.84. The smallest absolute Gasteiger partial charge is 0.316 e. The predicted octanol–water partition coefficient (Wildman–Crippen LogP) is 4.24. The van der Waals surface area contributed by atoms with Crippen LogP contribution in [0.15, 0.2) is 0 Å². The lowest BCUT2D eigenvalue weighted by Crippen LogP contribution is -2.30. The maximum absolute atomic E-state index is 11.9. The molecule has 0 heterocycles. The molecule has 0 aliphatic rings. The van der Waals surface area contributed by atoms with E-state index in [1.807, 2.05) is 0 Å². The number of hydrogen-bond donors (Lipinski definition) is 1. The normalized spacial score (nSPS) is 13.1. The Hall–Kier alpha value is -0.250. The zero-order valence-electron chi connectivity index (χ0n) is 11.4. The van der Waals surface area contributed by atoms with Gasteiger partial charge < -0.3 is 5.32 Å². The second-order valence-electron chi connectivity index (χ2n) is 5.43. The van der Waals surface area contributed by atoms with Gasteiger partial charge in [0.05, 0.1) is 0 Å². The van der Waals surface area contributed by atoms with Crippen LogP contribution in [0.1, 0.15) is 47.0 Å². The summed E-state index contributed by atoms with van der Waals surface area (Å²) < 4.78 is 35.7. The molecular formula is C13H26F3N. The molecule has 0 bridgehead atoms. The largest absolute Gasteiger partial charge is 0.389 e. The molecule has 1 nitrogen and oxygen atoms in total. The van der Waals surface area contributed by atoms with E-state index in [4.69, 9.17) is 0 Å². The molecule has 0 atom stereocenters. The monoisotopic (exact) mass is 253 g/mol. The second-order valence-corrected chi connectivity index (χ2v) is 5.43. The van der Waals surface area contributed by atoms with Gasteiger partial charge in [0.1, 0.15) is 0 Å². The van der Waals surface area contributed by atoms with Gasteiger partial charge in [0.2, 0.25) is 0 Å². The van der Waals surface area contributed by atoms with Crippen molar-refractivity contribution in [3.63, 3.8) is 0 Å². The number of halogens is 3. The highest BCUT2D eigenvalue weighted by Gasteiger charge is 2.25. The summed E-state index contributed by atoms with van der Waals surface area (Å²) in [5.74, 6) is 1.81. The number of nitrogens with one attached hydrogen (secondary N) is 1. The summed E-state index contributed by atoms with van der Waals surface area (Å²) in [6.07, 6.45) is -3.84. The molecule has 0 saturated heterocycles. The van der Waals surface area contributed by atoms with Gasteiger partial charge in [0, 0.05) is 6.42 Å². The fourth-order valence-electron chi connectivity index (χ4n) is 2.09. The van der Waals surface area contributed by atoms with Crippen LogP contribution in [0.2, 0.25) is 0 Å². The molecule has 4 heteroatoms. The summed E-state index contributed by atoms with van der Waals surface area (Å²) >= 11 is 0. The molecule has 0 aromatic carbocycles. The van der Waals surface area contributed by atoms with E-state index in [-0.39, 0.29) is 6.42 Å². The van der Waals surface area contributed by atoms with Crippen LogP contribution >= 0.6 is 0 Å². The van der Waals surface area contributed by atoms with Crippen molar-refractivity contribution in [2.45, 2.75) is 53.1 Å². The van der Waals surface area contributed by atoms with Gasteiger partial charge in [0.15, 0.2) is 0 Å². The zero-order valence-corrected chi connectivity index (χ0v) is 11.4. The highest BCUT2D eigenvalue weighted by Crippen LogP contribution is 2.22. The van der Waals surface area contributed by atoms with Crippen LogP contribution in [-0.2, 0) is 0 Å². The number of unbranched alkanes of at least 4 members (excludes halogenated alkanes) is 1. The van der Waals surface area contributed by atoms with Gasteiger partial charge in [-0.15, -0.1) is 0 Å². The van der Waals surface area contributed by atoms with E-state index in [1.54, 1.807) is 0 Å². The van der Waals surface area contributed by atoms with E-state index in [0.29, 0.717) is 30.7 Å². The van der Waals surface area contributed by atoms with Gasteiger partial charge in [-0.05, 0) is 43.7 Å². The Balaban J connectivity index is 3.56. The molecular weight excluding hydrogens is 227 g/mol. The summed E-state index contributed by atoms with van der Waals surface area (Å²) in [5.41, 5.74) is 0. The van der Waals surface area contributed by atoms with Crippen molar-refractivity contribution in [1.82, 2.24) is 5.32 Å². The molecule has 0 rings (SSSR count). The third kappa shape index (κ3) is 9.45. The Morgan fingerprint density at radius 1 is 0.941 bits per heavy atom. The van der Waals surface area contributed by atoms with Gasteiger partial charge >= 0.3 is 6.18 Å². The van der Waals surface area contributed by atoms with E-state index in [9.17, 15) is 13.2 Å². The second kappa shape index (κ2) is 7.96. The van der Waals surface area contributed by atoms with Crippen LogP contribution in [-0.4, -0.2) is 19.3 Å². The van der Waals surface area contributed by atoms with Crippen LogP contribution < -0.4 is 5.32 Å². The third-order valence-electron chi connectivity index (χ3n) is 3.16. The first-order valence-corrected chi connectivity index (χ1v) is 6.51. The number of rotatable bonds is 8. The molecule has 0 spiro atoms. The fourth-order valence-corrected chi connectivity index (χ4v) is 2.09. The molecule has 0 aromatic rings. The highest BCUT2D eigenvalue weighted by atomic mass is 19.4. The van der Waals surface area contributed by atoms with Crippen molar-refractivity contribution in [3.05, 3.63) is 0 Å². The first-order valence-electron chi connectivity index (χ1n) is 6.51. The van der Waals surface area contributed by atoms with Gasteiger partial charge in [-0.25, -0.2) is 0 Å². The van der Waals surface area contributed by atoms with Crippen LogP contribution in [0.4, 0.5) is 13.2 Å². The van der Waals surface area contributed by atoms with E-state index in [0.717, 1.165) is 6.54 Å². The van der Waals surface area contributed by atoms with Gasteiger partial charge in [-0.1, -0.05) is 27.7 Å². The quantitative estimate of drug-likeness (QED) is 0.638. The first kappa shape index (κ1) is 16.8. The average molecular weight is 253 g/mol. The summed E-state index contributed by atoms with van der Waals surface area (Å²) in [5, 5.41) is 3.27. The minimum Gasteiger partial charge on any atom is -0.316 e. The topological polar surface area (TPSA) is 12.0 Å². The Morgan fingerprint density at radius 2 is 1.47 bits per heavy atom. The standard InChI is InChI=1S/C13H26F3N/c1-10(2)12(11(3)4)9-17-8-6-5-7-13(14,15)16/h10-12,17H,5-9H2,1-4H3. The molecule has 0 aliphatic heterocycles. The van der Waals surface area contributed by atoms with Crippen molar-refractivity contribution < 1.29 is 13.2 Å². The van der Waals surface area contributed by atoms with Crippen LogP contribution in [0.25, 0.3) is 0 Å². The van der Waals surface area contributed by atoms with Crippen molar-refractivity contribution in [2.75, 3.05) is 13.1 Å². The molecule has 0 fully saturated rings. The summed E-state index contributed by atoms with van der Waals surface area (Å²) in [6, 6.07) is 0. The molecule has 0 aromatic heterocycles. The van der Waals surface area contributed by atoms with Crippen LogP contribution in [0, 0.1) is 17.8 Å². The van der Waals surface area contributed by atoms with Crippen molar-refractivity contribution in [1.29, 1.82) is 0 Å². The SMILES string of the molecule is CC(C)C(CNCCCCC(F)(F)F)C(C)C. The molecule has 0 aliphatic carbocycles. The lowest BCUT2D eigenvalue weighted by molar-refractivity contribution is -0.135. The summed E-state index contributed by atoms with van der Waals surface area (Å²) in [7, 11) is 0. The minimum atomic E-state index is -4.00. The Morgan fingerprint density at radius 3 is 1.88 bits per heavy atom. The van der Waals surface area contributed by atoms with E-state index in [2.05, 4.69) is 33.0 Å². The number of hydrogen-bond acceptors (Lipinski definition) is 1. The highest BCUT2D eigenvalue weighted by molar-refractivity contribution is 4.69. The lowest BCUT2D eigenvalue weighted by Gasteiger charge is -2.25. The molecule has 17 heavy (non-hydrogen) atoms. The lowest BCUT2D eigenvalue weighted by atomic mass is 9.85. The first-order chi connectivity index (χ1) is 7.74. The van der Waals surface area contributed by atoms with Crippen molar-refractivity contribution >= 4 is 0 Å². The van der Waals surface area contributed by atoms with E-state index < -0.39 is 12.6 Å². The molecule has 0 amide bonds. The third-order valence-corrected chi connectivity index (χ3v) is 3.16. The number of alkyl halides is 3. The molecule has 0 radical (unpaired) electrons.